The van der Waals surface area contributed by atoms with Crippen LogP contribution in [0.4, 0.5) is 11.5 Å². The van der Waals surface area contributed by atoms with Gasteiger partial charge in [-0.15, -0.1) is 0 Å². The zero-order valence-electron chi connectivity index (χ0n) is 12.7. The molecule has 6 nitrogen and oxygen atoms in total. The van der Waals surface area contributed by atoms with Crippen molar-refractivity contribution in [2.45, 2.75) is 52.4 Å². The topological polar surface area (TPSA) is 73.5 Å². The lowest BCUT2D eigenvalue weighted by Gasteiger charge is -2.39. The molecule has 2 unspecified atom stereocenters. The van der Waals surface area contributed by atoms with Crippen LogP contribution in [0.15, 0.2) is 6.33 Å². The summed E-state index contributed by atoms with van der Waals surface area (Å²) in [6.07, 6.45) is 2.69. The number of aromatic nitrogens is 2. The smallest absolute Gasteiger partial charge is 0.242 e. The molecule has 1 aromatic rings. The van der Waals surface area contributed by atoms with E-state index in [1.54, 1.807) is 0 Å². The zero-order valence-corrected chi connectivity index (χ0v) is 12.7. The van der Waals surface area contributed by atoms with Crippen molar-refractivity contribution in [3.8, 4) is 5.88 Å². The Bertz CT molecular complexity index is 453. The predicted octanol–water partition coefficient (Wildman–Crippen LogP) is 1.85. The Morgan fingerprint density at radius 3 is 2.90 bits per heavy atom. The van der Waals surface area contributed by atoms with Crippen molar-refractivity contribution >= 4 is 11.5 Å². The van der Waals surface area contributed by atoms with Crippen molar-refractivity contribution in [1.82, 2.24) is 9.97 Å². The van der Waals surface area contributed by atoms with Gasteiger partial charge in [0, 0.05) is 6.54 Å². The third-order valence-corrected chi connectivity index (χ3v) is 3.38. The molecule has 2 atom stereocenters. The second-order valence-electron chi connectivity index (χ2n) is 5.44. The molecular weight excluding hydrogens is 256 g/mol. The molecule has 0 bridgehead atoms. The van der Waals surface area contributed by atoms with Gasteiger partial charge in [-0.25, -0.2) is 4.98 Å². The quantitative estimate of drug-likeness (QED) is 0.907. The standard InChI is InChI=1S/C14H24N4O2/c1-5-11-7-19-10(4)6-18(11)13-12(15)14(17-8-16-13)20-9(2)3/h8-11H,5-7,15H2,1-4H3. The molecule has 0 saturated carbocycles. The van der Waals surface area contributed by atoms with Gasteiger partial charge in [0.05, 0.1) is 24.9 Å². The molecule has 0 aliphatic carbocycles. The van der Waals surface area contributed by atoms with Crippen molar-refractivity contribution < 1.29 is 9.47 Å². The lowest BCUT2D eigenvalue weighted by Crippen LogP contribution is -2.49. The molecule has 1 aliphatic rings. The van der Waals surface area contributed by atoms with Gasteiger partial charge in [0.2, 0.25) is 5.88 Å². The Balaban J connectivity index is 2.30. The molecule has 0 amide bonds. The summed E-state index contributed by atoms with van der Waals surface area (Å²) in [5, 5.41) is 0. The molecule has 1 saturated heterocycles. The maximum Gasteiger partial charge on any atom is 0.242 e. The summed E-state index contributed by atoms with van der Waals surface area (Å²) in [7, 11) is 0. The largest absolute Gasteiger partial charge is 0.473 e. The van der Waals surface area contributed by atoms with Gasteiger partial charge < -0.3 is 20.1 Å². The van der Waals surface area contributed by atoms with E-state index in [1.165, 1.54) is 6.33 Å². The fourth-order valence-electron chi connectivity index (χ4n) is 2.36. The number of morpholine rings is 1. The highest BCUT2D eigenvalue weighted by Crippen LogP contribution is 2.31. The van der Waals surface area contributed by atoms with E-state index in [2.05, 4.69) is 28.7 Å². The highest BCUT2D eigenvalue weighted by atomic mass is 16.5. The maximum absolute atomic E-state index is 6.19. The van der Waals surface area contributed by atoms with Crippen molar-refractivity contribution in [3.05, 3.63) is 6.33 Å². The summed E-state index contributed by atoms with van der Waals surface area (Å²) in [5.74, 6) is 1.21. The summed E-state index contributed by atoms with van der Waals surface area (Å²) in [5.41, 5.74) is 6.70. The fourth-order valence-corrected chi connectivity index (χ4v) is 2.36. The Labute approximate surface area is 120 Å². The van der Waals surface area contributed by atoms with E-state index >= 15 is 0 Å². The Kier molecular flexibility index (Phi) is 4.65. The summed E-state index contributed by atoms with van der Waals surface area (Å²) < 4.78 is 11.3. The zero-order chi connectivity index (χ0) is 14.7. The first-order valence-corrected chi connectivity index (χ1v) is 7.18. The van der Waals surface area contributed by atoms with Gasteiger partial charge in [-0.1, -0.05) is 6.92 Å². The van der Waals surface area contributed by atoms with E-state index in [4.69, 9.17) is 15.2 Å². The lowest BCUT2D eigenvalue weighted by atomic mass is 10.1. The summed E-state index contributed by atoms with van der Waals surface area (Å²) in [6, 6.07) is 0.287. The Morgan fingerprint density at radius 1 is 1.50 bits per heavy atom. The second kappa shape index (κ2) is 6.26. The van der Waals surface area contributed by atoms with E-state index in [0.29, 0.717) is 18.2 Å². The van der Waals surface area contributed by atoms with Crippen LogP contribution in [-0.2, 0) is 4.74 Å². The molecule has 20 heavy (non-hydrogen) atoms. The molecular formula is C14H24N4O2. The van der Waals surface area contributed by atoms with Crippen molar-refractivity contribution in [1.29, 1.82) is 0 Å². The SMILES string of the molecule is CCC1COC(C)CN1c1ncnc(OC(C)C)c1N. The fraction of sp³-hybridized carbons (Fsp3) is 0.714. The van der Waals surface area contributed by atoms with Crippen LogP contribution >= 0.6 is 0 Å². The first kappa shape index (κ1) is 14.8. The van der Waals surface area contributed by atoms with Crippen LogP contribution in [0.1, 0.15) is 34.1 Å². The van der Waals surface area contributed by atoms with Crippen LogP contribution in [0.3, 0.4) is 0 Å². The molecule has 112 valence electrons. The minimum atomic E-state index is 0.0330. The van der Waals surface area contributed by atoms with Gasteiger partial charge in [0.25, 0.3) is 0 Å². The number of hydrogen-bond acceptors (Lipinski definition) is 6. The predicted molar refractivity (Wildman–Crippen MR) is 79.0 cm³/mol. The molecule has 0 aromatic carbocycles. The monoisotopic (exact) mass is 280 g/mol. The Hall–Kier alpha value is -1.56. The second-order valence-corrected chi connectivity index (χ2v) is 5.44. The number of anilines is 2. The van der Waals surface area contributed by atoms with Gasteiger partial charge >= 0.3 is 0 Å². The van der Waals surface area contributed by atoms with Gasteiger partial charge in [-0.2, -0.15) is 4.98 Å². The summed E-state index contributed by atoms with van der Waals surface area (Å²) in [6.45, 7) is 9.57. The first-order chi connectivity index (χ1) is 9.52. The molecule has 1 aromatic heterocycles. The molecule has 0 radical (unpaired) electrons. The molecule has 1 fully saturated rings. The van der Waals surface area contributed by atoms with Gasteiger partial charge in [-0.3, -0.25) is 0 Å². The van der Waals surface area contributed by atoms with Crippen molar-refractivity contribution in [3.63, 3.8) is 0 Å². The molecule has 1 aliphatic heterocycles. The third kappa shape index (κ3) is 3.12. The van der Waals surface area contributed by atoms with Gasteiger partial charge in [0.15, 0.2) is 5.82 Å². The minimum Gasteiger partial charge on any atom is -0.473 e. The normalized spacial score (nSPS) is 23.1. The van der Waals surface area contributed by atoms with Crippen molar-refractivity contribution in [2.75, 3.05) is 23.8 Å². The van der Waals surface area contributed by atoms with E-state index in [1.807, 2.05) is 13.8 Å². The number of ether oxygens (including phenoxy) is 2. The number of nitrogen functional groups attached to an aromatic ring is 1. The first-order valence-electron chi connectivity index (χ1n) is 7.18. The third-order valence-electron chi connectivity index (χ3n) is 3.38. The highest BCUT2D eigenvalue weighted by molar-refractivity contribution is 5.68. The van der Waals surface area contributed by atoms with E-state index in [-0.39, 0.29) is 18.2 Å². The number of rotatable bonds is 4. The maximum atomic E-state index is 6.19. The molecule has 2 N–H and O–H groups in total. The molecule has 6 heteroatoms. The van der Waals surface area contributed by atoms with Crippen molar-refractivity contribution in [2.24, 2.45) is 0 Å². The average molecular weight is 280 g/mol. The number of hydrogen-bond donors (Lipinski definition) is 1. The van der Waals surface area contributed by atoms with Crippen LogP contribution in [0, 0.1) is 0 Å². The molecule has 0 spiro atoms. The summed E-state index contributed by atoms with van der Waals surface area (Å²) >= 11 is 0. The Morgan fingerprint density at radius 2 is 2.25 bits per heavy atom. The molecule has 2 rings (SSSR count). The van der Waals surface area contributed by atoms with Crippen LogP contribution in [-0.4, -0.2) is 41.4 Å². The van der Waals surface area contributed by atoms with E-state index < -0.39 is 0 Å². The molecule has 2 heterocycles. The van der Waals surface area contributed by atoms with Crippen LogP contribution in [0.25, 0.3) is 0 Å². The van der Waals surface area contributed by atoms with E-state index in [0.717, 1.165) is 18.8 Å². The van der Waals surface area contributed by atoms with Crippen LogP contribution in [0.2, 0.25) is 0 Å². The highest BCUT2D eigenvalue weighted by Gasteiger charge is 2.29. The van der Waals surface area contributed by atoms with Gasteiger partial charge in [-0.05, 0) is 27.2 Å². The number of nitrogens with two attached hydrogens (primary N) is 1. The minimum absolute atomic E-state index is 0.0330. The van der Waals surface area contributed by atoms with Crippen LogP contribution in [0.5, 0.6) is 5.88 Å². The van der Waals surface area contributed by atoms with Gasteiger partial charge in [0.1, 0.15) is 12.0 Å². The summed E-state index contributed by atoms with van der Waals surface area (Å²) in [4.78, 5) is 10.7. The van der Waals surface area contributed by atoms with Crippen LogP contribution < -0.4 is 15.4 Å². The van der Waals surface area contributed by atoms with E-state index in [9.17, 15) is 0 Å². The average Bonchev–Trinajstić information content (AvgIpc) is 2.40. The lowest BCUT2D eigenvalue weighted by molar-refractivity contribution is 0.0296. The number of nitrogens with zero attached hydrogens (tertiary/aromatic N) is 3.